The van der Waals surface area contributed by atoms with Gasteiger partial charge < -0.3 is 5.32 Å². The third-order valence-corrected chi connectivity index (χ3v) is 3.99. The van der Waals surface area contributed by atoms with Crippen LogP contribution in [0.15, 0.2) is 54.6 Å². The van der Waals surface area contributed by atoms with Crippen LogP contribution in [0.2, 0.25) is 10.0 Å². The molecular weight excluding hydrogens is 345 g/mol. The number of carbonyl (C=O) groups excluding carboxylic acids is 1. The first kappa shape index (κ1) is 16.6. The molecule has 0 aliphatic heterocycles. The maximum Gasteiger partial charge on any atom is 0.217 e. The molecule has 1 amide bonds. The molecule has 0 atom stereocenters. The molecule has 122 valence electrons. The van der Waals surface area contributed by atoms with Gasteiger partial charge in [0.25, 0.3) is 0 Å². The van der Waals surface area contributed by atoms with Crippen LogP contribution in [0.25, 0.3) is 16.9 Å². The summed E-state index contributed by atoms with van der Waals surface area (Å²) in [5.41, 5.74) is 3.55. The molecule has 3 aromatic rings. The third-order valence-electron chi connectivity index (χ3n) is 3.49. The number of nitrogens with one attached hydrogen (secondary N) is 1. The molecule has 0 spiro atoms. The molecule has 0 saturated heterocycles. The fourth-order valence-electron chi connectivity index (χ4n) is 2.34. The van der Waals surface area contributed by atoms with Crippen LogP contribution in [-0.4, -0.2) is 15.7 Å². The lowest BCUT2D eigenvalue weighted by Crippen LogP contribution is -2.19. The minimum atomic E-state index is -0.0934. The Kier molecular flexibility index (Phi) is 4.88. The summed E-state index contributed by atoms with van der Waals surface area (Å²) in [6.45, 7) is 1.85. The molecule has 1 heterocycles. The molecular formula is C18H15Cl2N3O. The van der Waals surface area contributed by atoms with Crippen LogP contribution in [0.5, 0.6) is 0 Å². The average Bonchev–Trinajstić information content (AvgIpc) is 2.98. The van der Waals surface area contributed by atoms with Crippen molar-refractivity contribution in [2.75, 3.05) is 0 Å². The summed E-state index contributed by atoms with van der Waals surface area (Å²) >= 11 is 11.9. The fraction of sp³-hybridized carbons (Fsp3) is 0.111. The van der Waals surface area contributed by atoms with E-state index in [0.717, 1.165) is 22.6 Å². The highest BCUT2D eigenvalue weighted by molar-refractivity contribution is 6.30. The van der Waals surface area contributed by atoms with Gasteiger partial charge >= 0.3 is 0 Å². The van der Waals surface area contributed by atoms with Crippen LogP contribution >= 0.6 is 23.2 Å². The zero-order chi connectivity index (χ0) is 17.1. The van der Waals surface area contributed by atoms with Gasteiger partial charge in [0.1, 0.15) is 0 Å². The van der Waals surface area contributed by atoms with E-state index < -0.39 is 0 Å². The standard InChI is InChI=1S/C18H15Cl2N3O/c1-12(24)21-11-16-10-18(13-2-4-14(19)5-3-13)23(22-16)17-8-6-15(20)7-9-17/h2-10H,11H2,1H3,(H,21,24). The zero-order valence-electron chi connectivity index (χ0n) is 13.0. The van der Waals surface area contributed by atoms with Crippen molar-refractivity contribution in [2.45, 2.75) is 13.5 Å². The molecule has 0 aliphatic rings. The van der Waals surface area contributed by atoms with Gasteiger partial charge in [-0.2, -0.15) is 5.10 Å². The van der Waals surface area contributed by atoms with Crippen molar-refractivity contribution in [3.8, 4) is 16.9 Å². The van der Waals surface area contributed by atoms with Gasteiger partial charge in [-0.1, -0.05) is 35.3 Å². The highest BCUT2D eigenvalue weighted by atomic mass is 35.5. The Bertz CT molecular complexity index is 792. The molecule has 0 fully saturated rings. The number of carbonyl (C=O) groups is 1. The average molecular weight is 360 g/mol. The number of aromatic nitrogens is 2. The lowest BCUT2D eigenvalue weighted by molar-refractivity contribution is -0.119. The summed E-state index contributed by atoms with van der Waals surface area (Å²) < 4.78 is 1.83. The summed E-state index contributed by atoms with van der Waals surface area (Å²) in [6, 6.07) is 16.9. The fourth-order valence-corrected chi connectivity index (χ4v) is 2.59. The van der Waals surface area contributed by atoms with Crippen LogP contribution in [0.1, 0.15) is 12.6 Å². The minimum Gasteiger partial charge on any atom is -0.351 e. The van der Waals surface area contributed by atoms with Gasteiger partial charge in [-0.05, 0) is 42.5 Å². The molecule has 1 aromatic heterocycles. The molecule has 24 heavy (non-hydrogen) atoms. The Balaban J connectivity index is 2.05. The molecule has 2 aromatic carbocycles. The van der Waals surface area contributed by atoms with Gasteiger partial charge in [0.15, 0.2) is 0 Å². The number of hydrogen-bond donors (Lipinski definition) is 1. The smallest absolute Gasteiger partial charge is 0.217 e. The van der Waals surface area contributed by atoms with E-state index in [4.69, 9.17) is 23.2 Å². The van der Waals surface area contributed by atoms with Gasteiger partial charge in [-0.3, -0.25) is 4.79 Å². The van der Waals surface area contributed by atoms with E-state index in [0.29, 0.717) is 16.6 Å². The number of benzene rings is 2. The molecule has 0 unspecified atom stereocenters. The van der Waals surface area contributed by atoms with Crippen LogP contribution < -0.4 is 5.32 Å². The highest BCUT2D eigenvalue weighted by Crippen LogP contribution is 2.26. The zero-order valence-corrected chi connectivity index (χ0v) is 14.5. The van der Waals surface area contributed by atoms with E-state index in [9.17, 15) is 4.79 Å². The van der Waals surface area contributed by atoms with E-state index in [-0.39, 0.29) is 5.91 Å². The molecule has 3 rings (SSSR count). The maximum absolute atomic E-state index is 11.1. The van der Waals surface area contributed by atoms with Crippen molar-refractivity contribution in [3.05, 3.63) is 70.3 Å². The molecule has 0 aliphatic carbocycles. The Morgan fingerprint density at radius 3 is 2.21 bits per heavy atom. The maximum atomic E-state index is 11.1. The number of amides is 1. The van der Waals surface area contributed by atoms with Gasteiger partial charge in [0.2, 0.25) is 5.91 Å². The summed E-state index contributed by atoms with van der Waals surface area (Å²) in [5, 5.41) is 8.71. The molecule has 4 nitrogen and oxygen atoms in total. The number of hydrogen-bond acceptors (Lipinski definition) is 2. The molecule has 1 N–H and O–H groups in total. The predicted molar refractivity (Wildman–Crippen MR) is 96.5 cm³/mol. The molecule has 0 saturated carbocycles. The number of halogens is 2. The van der Waals surface area contributed by atoms with Crippen LogP contribution in [0.4, 0.5) is 0 Å². The van der Waals surface area contributed by atoms with E-state index in [1.807, 2.05) is 59.3 Å². The van der Waals surface area contributed by atoms with Crippen molar-refractivity contribution in [1.29, 1.82) is 0 Å². The highest BCUT2D eigenvalue weighted by Gasteiger charge is 2.12. The lowest BCUT2D eigenvalue weighted by Gasteiger charge is -2.08. The van der Waals surface area contributed by atoms with Crippen molar-refractivity contribution in [3.63, 3.8) is 0 Å². The van der Waals surface area contributed by atoms with Gasteiger partial charge in [-0.15, -0.1) is 0 Å². The monoisotopic (exact) mass is 359 g/mol. The lowest BCUT2D eigenvalue weighted by atomic mass is 10.1. The van der Waals surface area contributed by atoms with Crippen molar-refractivity contribution in [2.24, 2.45) is 0 Å². The SMILES string of the molecule is CC(=O)NCc1cc(-c2ccc(Cl)cc2)n(-c2ccc(Cl)cc2)n1. The second kappa shape index (κ2) is 7.07. The second-order valence-electron chi connectivity index (χ2n) is 5.33. The number of nitrogens with zero attached hydrogens (tertiary/aromatic N) is 2. The summed E-state index contributed by atoms with van der Waals surface area (Å²) in [5.74, 6) is -0.0934. The van der Waals surface area contributed by atoms with Crippen molar-refractivity contribution < 1.29 is 4.79 Å². The van der Waals surface area contributed by atoms with Gasteiger partial charge in [0, 0.05) is 22.5 Å². The molecule has 0 bridgehead atoms. The van der Waals surface area contributed by atoms with Gasteiger partial charge in [-0.25, -0.2) is 4.68 Å². The van der Waals surface area contributed by atoms with Gasteiger partial charge in [0.05, 0.1) is 23.6 Å². The Morgan fingerprint density at radius 1 is 1.04 bits per heavy atom. The van der Waals surface area contributed by atoms with E-state index in [1.54, 1.807) is 0 Å². The largest absolute Gasteiger partial charge is 0.351 e. The molecule has 6 heteroatoms. The topological polar surface area (TPSA) is 46.9 Å². The minimum absolute atomic E-state index is 0.0934. The first-order valence-corrected chi connectivity index (χ1v) is 8.14. The predicted octanol–water partition coefficient (Wildman–Crippen LogP) is 4.48. The van der Waals surface area contributed by atoms with E-state index >= 15 is 0 Å². The Morgan fingerprint density at radius 2 is 1.62 bits per heavy atom. The van der Waals surface area contributed by atoms with Crippen molar-refractivity contribution >= 4 is 29.1 Å². The van der Waals surface area contributed by atoms with Crippen LogP contribution in [0.3, 0.4) is 0 Å². The molecule has 0 radical (unpaired) electrons. The first-order chi connectivity index (χ1) is 11.5. The van der Waals surface area contributed by atoms with Crippen LogP contribution in [-0.2, 0) is 11.3 Å². The van der Waals surface area contributed by atoms with Crippen molar-refractivity contribution in [1.82, 2.24) is 15.1 Å². The van der Waals surface area contributed by atoms with E-state index in [1.165, 1.54) is 6.92 Å². The quantitative estimate of drug-likeness (QED) is 0.746. The Labute approximate surface area is 150 Å². The summed E-state index contributed by atoms with van der Waals surface area (Å²) in [4.78, 5) is 11.1. The Hall–Kier alpha value is -2.30. The van der Waals surface area contributed by atoms with E-state index in [2.05, 4.69) is 10.4 Å². The first-order valence-electron chi connectivity index (χ1n) is 7.38. The third kappa shape index (κ3) is 3.78. The normalized spacial score (nSPS) is 10.6. The second-order valence-corrected chi connectivity index (χ2v) is 6.20. The van der Waals surface area contributed by atoms with Crippen LogP contribution in [0, 0.1) is 0 Å². The summed E-state index contributed by atoms with van der Waals surface area (Å²) in [6.07, 6.45) is 0. The number of rotatable bonds is 4. The summed E-state index contributed by atoms with van der Waals surface area (Å²) in [7, 11) is 0.